The van der Waals surface area contributed by atoms with Crippen molar-refractivity contribution in [1.82, 2.24) is 5.32 Å². The Bertz CT molecular complexity index is 376. The van der Waals surface area contributed by atoms with E-state index < -0.39 is 51.0 Å². The number of aliphatic hydroxyl groups is 2. The monoisotopic (exact) mass is 301 g/mol. The molecule has 1 rings (SSSR count). The summed E-state index contributed by atoms with van der Waals surface area (Å²) in [4.78, 5) is 32.0. The number of phosphoric ester groups is 1. The normalized spacial score (nSPS) is 36.0. The standard InChI is InChI=1S/C8H15FNO8P/c1-3(12)10-6-7(13)5(9)4(2-11)17-8(6)18-19(14,15)16/h4-8,11,13H,2H2,1H3,(H,10,12)(H2,14,15,16)/p-2/t4-,5+,6-,7+,8-/m1/s1. The topological polar surface area (TPSA) is 151 Å². The lowest BCUT2D eigenvalue weighted by molar-refractivity contribution is -0.361. The van der Waals surface area contributed by atoms with Gasteiger partial charge in [-0.3, -0.25) is 4.79 Å². The van der Waals surface area contributed by atoms with Crippen molar-refractivity contribution in [3.63, 3.8) is 0 Å². The number of halogens is 1. The molecule has 1 aliphatic heterocycles. The summed E-state index contributed by atoms with van der Waals surface area (Å²) in [6, 6.07) is -1.59. The summed E-state index contributed by atoms with van der Waals surface area (Å²) in [5, 5.41) is 20.4. The van der Waals surface area contributed by atoms with E-state index >= 15 is 0 Å². The molecular weight excluding hydrogens is 288 g/mol. The molecule has 0 aromatic carbocycles. The Balaban J connectivity index is 2.92. The average Bonchev–Trinajstić information content (AvgIpc) is 2.26. The Labute approximate surface area is 107 Å². The van der Waals surface area contributed by atoms with Crippen LogP contribution in [0.5, 0.6) is 0 Å². The second kappa shape index (κ2) is 6.23. The Kier molecular flexibility index (Phi) is 5.39. The third-order valence-corrected chi connectivity index (χ3v) is 2.90. The molecule has 1 fully saturated rings. The van der Waals surface area contributed by atoms with E-state index in [9.17, 15) is 28.6 Å². The number of hydrogen-bond donors (Lipinski definition) is 3. The Morgan fingerprint density at radius 1 is 1.58 bits per heavy atom. The van der Waals surface area contributed by atoms with Gasteiger partial charge in [-0.05, 0) is 0 Å². The van der Waals surface area contributed by atoms with Gasteiger partial charge in [0, 0.05) is 6.92 Å². The fraction of sp³-hybridized carbons (Fsp3) is 0.875. The van der Waals surface area contributed by atoms with E-state index in [0.717, 1.165) is 6.92 Å². The maximum Gasteiger partial charge on any atom is 0.217 e. The van der Waals surface area contributed by atoms with Crippen LogP contribution in [0.2, 0.25) is 0 Å². The van der Waals surface area contributed by atoms with Crippen LogP contribution in [0, 0.1) is 0 Å². The fourth-order valence-electron chi connectivity index (χ4n) is 1.66. The number of amides is 1. The number of hydrogen-bond acceptors (Lipinski definition) is 8. The number of nitrogens with one attached hydrogen (secondary N) is 1. The largest absolute Gasteiger partial charge is 0.790 e. The predicted molar refractivity (Wildman–Crippen MR) is 52.9 cm³/mol. The smallest absolute Gasteiger partial charge is 0.217 e. The zero-order valence-electron chi connectivity index (χ0n) is 9.76. The molecule has 1 saturated heterocycles. The lowest BCUT2D eigenvalue weighted by Gasteiger charge is -2.44. The van der Waals surface area contributed by atoms with E-state index in [0.29, 0.717) is 0 Å². The molecule has 112 valence electrons. The van der Waals surface area contributed by atoms with Gasteiger partial charge in [0.25, 0.3) is 0 Å². The maximum absolute atomic E-state index is 13.6. The zero-order valence-corrected chi connectivity index (χ0v) is 10.7. The lowest BCUT2D eigenvalue weighted by atomic mass is 9.98. The zero-order chi connectivity index (χ0) is 14.8. The molecule has 0 unspecified atom stereocenters. The van der Waals surface area contributed by atoms with Crippen LogP contribution in [-0.2, 0) is 18.6 Å². The summed E-state index contributed by atoms with van der Waals surface area (Å²) in [5.74, 6) is -0.720. The first-order chi connectivity index (χ1) is 8.65. The first-order valence-corrected chi connectivity index (χ1v) is 6.68. The summed E-state index contributed by atoms with van der Waals surface area (Å²) in [5.41, 5.74) is 0. The number of phosphoric acid groups is 1. The highest BCUT2D eigenvalue weighted by Crippen LogP contribution is 2.34. The van der Waals surface area contributed by atoms with Gasteiger partial charge in [-0.25, -0.2) is 4.39 Å². The van der Waals surface area contributed by atoms with Crippen LogP contribution in [0.25, 0.3) is 0 Å². The van der Waals surface area contributed by atoms with Gasteiger partial charge in [0.2, 0.25) is 5.91 Å². The van der Waals surface area contributed by atoms with E-state index in [1.807, 2.05) is 5.32 Å². The quantitative estimate of drug-likeness (QED) is 0.458. The Morgan fingerprint density at radius 2 is 2.16 bits per heavy atom. The van der Waals surface area contributed by atoms with Crippen molar-refractivity contribution in [1.29, 1.82) is 0 Å². The summed E-state index contributed by atoms with van der Waals surface area (Å²) in [7, 11) is -5.49. The van der Waals surface area contributed by atoms with Crippen LogP contribution in [0.15, 0.2) is 0 Å². The SMILES string of the molecule is CC(=O)N[C@H]1[C@@H](OP(=O)([O-])[O-])O[C@H](CO)[C@H](F)[C@@H]1O. The number of carbonyl (C=O) groups is 1. The van der Waals surface area contributed by atoms with Gasteiger partial charge in [0.1, 0.15) is 18.2 Å². The molecule has 1 heterocycles. The van der Waals surface area contributed by atoms with Crippen LogP contribution < -0.4 is 15.1 Å². The van der Waals surface area contributed by atoms with Gasteiger partial charge in [-0.1, -0.05) is 0 Å². The molecule has 0 saturated carbocycles. The van der Waals surface area contributed by atoms with Crippen LogP contribution in [0.4, 0.5) is 4.39 Å². The van der Waals surface area contributed by atoms with Crippen LogP contribution in [-0.4, -0.2) is 53.4 Å². The van der Waals surface area contributed by atoms with E-state index in [1.54, 1.807) is 0 Å². The van der Waals surface area contributed by atoms with Crippen molar-refractivity contribution in [2.75, 3.05) is 6.61 Å². The van der Waals surface area contributed by atoms with Crippen molar-refractivity contribution >= 4 is 13.7 Å². The number of carbonyl (C=O) groups excluding carboxylic acids is 1. The maximum atomic E-state index is 13.6. The highest BCUT2D eigenvalue weighted by atomic mass is 31.2. The van der Waals surface area contributed by atoms with E-state index in [2.05, 4.69) is 4.52 Å². The van der Waals surface area contributed by atoms with Gasteiger partial charge >= 0.3 is 0 Å². The number of ether oxygens (including phenoxy) is 1. The minimum Gasteiger partial charge on any atom is -0.790 e. The van der Waals surface area contributed by atoms with Crippen molar-refractivity contribution in [3.05, 3.63) is 0 Å². The molecule has 0 aromatic heterocycles. The minimum atomic E-state index is -5.49. The number of alkyl halides is 1. The molecule has 0 aromatic rings. The highest BCUT2D eigenvalue weighted by Gasteiger charge is 2.46. The minimum absolute atomic E-state index is 0.720. The summed E-state index contributed by atoms with van der Waals surface area (Å²) in [6.07, 6.45) is -7.47. The van der Waals surface area contributed by atoms with Crippen LogP contribution in [0.1, 0.15) is 6.92 Å². The molecule has 0 bridgehead atoms. The first-order valence-electron chi connectivity index (χ1n) is 5.21. The Hall–Kier alpha value is -0.610. The molecule has 0 spiro atoms. The third-order valence-electron chi connectivity index (χ3n) is 2.43. The van der Waals surface area contributed by atoms with Crippen molar-refractivity contribution in [2.24, 2.45) is 0 Å². The molecule has 1 amide bonds. The summed E-state index contributed by atoms with van der Waals surface area (Å²) in [6.45, 7) is 0.163. The lowest BCUT2D eigenvalue weighted by Crippen LogP contribution is -2.63. The molecule has 0 aliphatic carbocycles. The van der Waals surface area contributed by atoms with Gasteiger partial charge in [0.05, 0.1) is 14.4 Å². The Morgan fingerprint density at radius 3 is 2.58 bits per heavy atom. The molecule has 3 N–H and O–H groups in total. The fourth-order valence-corrected chi connectivity index (χ4v) is 2.10. The van der Waals surface area contributed by atoms with Crippen LogP contribution in [0.3, 0.4) is 0 Å². The summed E-state index contributed by atoms with van der Waals surface area (Å²) < 4.78 is 32.8. The molecule has 1 aliphatic rings. The molecule has 9 nitrogen and oxygen atoms in total. The van der Waals surface area contributed by atoms with Crippen LogP contribution >= 0.6 is 7.82 Å². The van der Waals surface area contributed by atoms with Gasteiger partial charge in [-0.15, -0.1) is 0 Å². The summed E-state index contributed by atoms with van der Waals surface area (Å²) >= 11 is 0. The molecule has 11 heteroatoms. The predicted octanol–water partition coefficient (Wildman–Crippen LogP) is -3.25. The van der Waals surface area contributed by atoms with E-state index in [1.165, 1.54) is 0 Å². The van der Waals surface area contributed by atoms with Crippen molar-refractivity contribution in [2.45, 2.75) is 37.6 Å². The number of aliphatic hydroxyl groups excluding tert-OH is 2. The molecule has 19 heavy (non-hydrogen) atoms. The van der Waals surface area contributed by atoms with Gasteiger partial charge in [-0.2, -0.15) is 0 Å². The van der Waals surface area contributed by atoms with Crippen molar-refractivity contribution < 1.29 is 43.0 Å². The van der Waals surface area contributed by atoms with E-state index in [-0.39, 0.29) is 0 Å². The second-order valence-electron chi connectivity index (χ2n) is 3.94. The molecular formula is C8H13FNO8P-2. The average molecular weight is 301 g/mol. The number of rotatable bonds is 4. The first kappa shape index (κ1) is 16.4. The second-order valence-corrected chi connectivity index (χ2v) is 5.04. The van der Waals surface area contributed by atoms with Gasteiger partial charge in [0.15, 0.2) is 12.5 Å². The van der Waals surface area contributed by atoms with Gasteiger partial charge < -0.3 is 39.1 Å². The highest BCUT2D eigenvalue weighted by molar-refractivity contribution is 7.43. The molecule has 5 atom stereocenters. The van der Waals surface area contributed by atoms with E-state index in [4.69, 9.17) is 9.84 Å². The van der Waals surface area contributed by atoms with Crippen molar-refractivity contribution in [3.8, 4) is 0 Å². The third kappa shape index (κ3) is 4.46. The molecule has 0 radical (unpaired) electrons.